The molecule has 1 N–H and O–H groups in total. The summed E-state index contributed by atoms with van der Waals surface area (Å²) in [4.78, 5) is 4.52. The minimum Gasteiger partial charge on any atom is -0.379 e. The normalized spacial score (nSPS) is 26.1. The number of pyridine rings is 1. The molecule has 0 spiro atoms. The monoisotopic (exact) mass is 367 g/mol. The van der Waals surface area contributed by atoms with E-state index in [1.807, 2.05) is 36.4 Å². The molecule has 92 valence electrons. The summed E-state index contributed by atoms with van der Waals surface area (Å²) in [6, 6.07) is 11.7. The molecule has 0 aliphatic heterocycles. The molecule has 1 aromatic heterocycles. The number of hydrogen-bond acceptors (Lipinski definition) is 2. The second kappa shape index (κ2) is 4.44. The average molecular weight is 369 g/mol. The first kappa shape index (κ1) is 12.3. The molecule has 2 atom stereocenters. The van der Waals surface area contributed by atoms with E-state index in [9.17, 15) is 5.11 Å². The first-order chi connectivity index (χ1) is 8.61. The van der Waals surface area contributed by atoms with Crippen LogP contribution < -0.4 is 0 Å². The van der Waals surface area contributed by atoms with Crippen molar-refractivity contribution in [3.8, 4) is 0 Å². The Balaban J connectivity index is 2.18. The molecule has 0 bridgehead atoms. The second-order valence-corrected chi connectivity index (χ2v) is 6.50. The lowest BCUT2D eigenvalue weighted by atomic mass is 9.91. The van der Waals surface area contributed by atoms with Crippen LogP contribution in [0, 0.1) is 0 Å². The number of hydrogen-bond donors (Lipinski definition) is 1. The van der Waals surface area contributed by atoms with Crippen LogP contribution in [0.4, 0.5) is 0 Å². The Hall–Kier alpha value is -0.710. The number of benzene rings is 1. The molecule has 1 heterocycles. The van der Waals surface area contributed by atoms with Crippen molar-refractivity contribution in [1.29, 1.82) is 0 Å². The molecule has 0 saturated heterocycles. The van der Waals surface area contributed by atoms with Crippen molar-refractivity contribution in [3.63, 3.8) is 0 Å². The van der Waals surface area contributed by atoms with Gasteiger partial charge in [-0.3, -0.25) is 4.98 Å². The molecule has 4 heteroatoms. The van der Waals surface area contributed by atoms with E-state index in [2.05, 4.69) is 36.8 Å². The van der Waals surface area contributed by atoms with E-state index in [1.54, 1.807) is 6.20 Å². The van der Waals surface area contributed by atoms with E-state index in [-0.39, 0.29) is 4.83 Å². The highest BCUT2D eigenvalue weighted by molar-refractivity contribution is 9.10. The number of fused-ring (bicyclic) bond motifs is 1. The zero-order chi connectivity index (χ0) is 12.8. The summed E-state index contributed by atoms with van der Waals surface area (Å²) in [7, 11) is 0. The fourth-order valence-corrected chi connectivity index (χ4v) is 3.72. The summed E-state index contributed by atoms with van der Waals surface area (Å²) in [6.45, 7) is 0. The summed E-state index contributed by atoms with van der Waals surface area (Å²) in [5, 5.41) is 11.0. The molecular formula is C14H11Br2NO. The van der Waals surface area contributed by atoms with Gasteiger partial charge in [0.1, 0.15) is 5.60 Å². The van der Waals surface area contributed by atoms with E-state index in [0.29, 0.717) is 6.42 Å². The van der Waals surface area contributed by atoms with Crippen LogP contribution in [0.2, 0.25) is 0 Å². The average Bonchev–Trinajstić information content (AvgIpc) is 2.64. The van der Waals surface area contributed by atoms with Gasteiger partial charge in [-0.1, -0.05) is 50.1 Å². The first-order valence-electron chi connectivity index (χ1n) is 5.69. The lowest BCUT2D eigenvalue weighted by Gasteiger charge is -2.23. The third-order valence-corrected chi connectivity index (χ3v) is 4.66. The van der Waals surface area contributed by atoms with Crippen molar-refractivity contribution in [1.82, 2.24) is 4.98 Å². The Morgan fingerprint density at radius 2 is 2.11 bits per heavy atom. The quantitative estimate of drug-likeness (QED) is 0.774. The maximum atomic E-state index is 11.0. The highest BCUT2D eigenvalue weighted by Crippen LogP contribution is 2.49. The molecule has 0 amide bonds. The van der Waals surface area contributed by atoms with Crippen LogP contribution in [0.3, 0.4) is 0 Å². The third kappa shape index (κ3) is 1.83. The van der Waals surface area contributed by atoms with Gasteiger partial charge in [-0.15, -0.1) is 0 Å². The van der Waals surface area contributed by atoms with Crippen LogP contribution >= 0.6 is 31.9 Å². The molecule has 0 radical (unpaired) electrons. The largest absolute Gasteiger partial charge is 0.379 e. The van der Waals surface area contributed by atoms with E-state index in [1.165, 1.54) is 0 Å². The third-order valence-electron chi connectivity index (χ3n) is 3.34. The SMILES string of the molecule is OC1(c2cccc(Br)c2)CC(Br)c2cccnc21. The summed E-state index contributed by atoms with van der Waals surface area (Å²) < 4.78 is 0.962. The molecule has 1 aliphatic rings. The Bertz CT molecular complexity index is 602. The highest BCUT2D eigenvalue weighted by Gasteiger charge is 2.44. The molecular weight excluding hydrogens is 358 g/mol. The summed E-state index contributed by atoms with van der Waals surface area (Å²) in [6.07, 6.45) is 2.34. The fraction of sp³-hybridized carbons (Fsp3) is 0.214. The summed E-state index contributed by atoms with van der Waals surface area (Å²) in [5.74, 6) is 0. The van der Waals surface area contributed by atoms with Crippen LogP contribution in [0.5, 0.6) is 0 Å². The topological polar surface area (TPSA) is 33.1 Å². The van der Waals surface area contributed by atoms with Crippen molar-refractivity contribution in [2.75, 3.05) is 0 Å². The predicted octanol–water partition coefficient (Wildman–Crippen LogP) is 3.92. The van der Waals surface area contributed by atoms with Gasteiger partial charge in [0.15, 0.2) is 0 Å². The fourth-order valence-electron chi connectivity index (χ4n) is 2.48. The van der Waals surface area contributed by atoms with Gasteiger partial charge in [0.05, 0.1) is 5.69 Å². The Morgan fingerprint density at radius 3 is 2.89 bits per heavy atom. The van der Waals surface area contributed by atoms with Crippen LogP contribution in [0.25, 0.3) is 0 Å². The second-order valence-electron chi connectivity index (χ2n) is 4.48. The zero-order valence-corrected chi connectivity index (χ0v) is 12.6. The van der Waals surface area contributed by atoms with Gasteiger partial charge < -0.3 is 5.11 Å². The number of rotatable bonds is 1. The first-order valence-corrected chi connectivity index (χ1v) is 7.40. The molecule has 3 rings (SSSR count). The number of nitrogens with zero attached hydrogens (tertiary/aromatic N) is 1. The van der Waals surface area contributed by atoms with Crippen molar-refractivity contribution < 1.29 is 5.11 Å². The summed E-state index contributed by atoms with van der Waals surface area (Å²) in [5.41, 5.74) is 1.69. The Morgan fingerprint density at radius 1 is 1.28 bits per heavy atom. The number of halogens is 2. The van der Waals surface area contributed by atoms with Crippen molar-refractivity contribution in [3.05, 3.63) is 63.9 Å². The van der Waals surface area contributed by atoms with E-state index in [0.717, 1.165) is 21.3 Å². The van der Waals surface area contributed by atoms with Gasteiger partial charge in [-0.25, -0.2) is 0 Å². The molecule has 2 aromatic rings. The van der Waals surface area contributed by atoms with Crippen LogP contribution in [0.1, 0.15) is 28.1 Å². The lowest BCUT2D eigenvalue weighted by molar-refractivity contribution is 0.0785. The Kier molecular flexibility index (Phi) is 3.04. The van der Waals surface area contributed by atoms with Gasteiger partial charge in [-0.2, -0.15) is 0 Å². The minimum atomic E-state index is -1.01. The van der Waals surface area contributed by atoms with Crippen molar-refractivity contribution in [2.24, 2.45) is 0 Å². The molecule has 2 nitrogen and oxygen atoms in total. The maximum absolute atomic E-state index is 11.0. The van der Waals surface area contributed by atoms with Crippen LogP contribution in [0.15, 0.2) is 47.1 Å². The van der Waals surface area contributed by atoms with Crippen LogP contribution in [-0.2, 0) is 5.60 Å². The smallest absolute Gasteiger partial charge is 0.133 e. The lowest BCUT2D eigenvalue weighted by Crippen LogP contribution is -2.25. The summed E-state index contributed by atoms with van der Waals surface area (Å²) >= 11 is 7.06. The Labute approximate surface area is 122 Å². The highest BCUT2D eigenvalue weighted by atomic mass is 79.9. The van der Waals surface area contributed by atoms with Gasteiger partial charge >= 0.3 is 0 Å². The molecule has 2 unspecified atom stereocenters. The number of aliphatic hydroxyl groups is 1. The molecule has 18 heavy (non-hydrogen) atoms. The minimum absolute atomic E-state index is 0.144. The predicted molar refractivity (Wildman–Crippen MR) is 77.7 cm³/mol. The zero-order valence-electron chi connectivity index (χ0n) is 9.48. The van der Waals surface area contributed by atoms with Gasteiger partial charge in [0.2, 0.25) is 0 Å². The molecule has 1 aromatic carbocycles. The molecule has 0 fully saturated rings. The van der Waals surface area contributed by atoms with Gasteiger partial charge in [-0.05, 0) is 29.3 Å². The van der Waals surface area contributed by atoms with Crippen molar-refractivity contribution in [2.45, 2.75) is 16.8 Å². The van der Waals surface area contributed by atoms with E-state index in [4.69, 9.17) is 0 Å². The number of aromatic nitrogens is 1. The van der Waals surface area contributed by atoms with Gasteiger partial charge in [0.25, 0.3) is 0 Å². The molecule has 0 saturated carbocycles. The van der Waals surface area contributed by atoms with E-state index < -0.39 is 5.60 Å². The standard InChI is InChI=1S/C14H11Br2NO/c15-10-4-1-3-9(7-10)14(18)8-12(16)11-5-2-6-17-13(11)14/h1-7,12,18H,8H2. The number of alkyl halides is 1. The maximum Gasteiger partial charge on any atom is 0.133 e. The van der Waals surface area contributed by atoms with E-state index >= 15 is 0 Å². The van der Waals surface area contributed by atoms with Crippen LogP contribution in [-0.4, -0.2) is 10.1 Å². The molecule has 1 aliphatic carbocycles. The van der Waals surface area contributed by atoms with Crippen molar-refractivity contribution >= 4 is 31.9 Å². The van der Waals surface area contributed by atoms with Gasteiger partial charge in [0, 0.05) is 21.9 Å².